The minimum Gasteiger partial charge on any atom is -0.322 e. The number of carbonyl (C=O) groups is 1. The van der Waals surface area contributed by atoms with Crippen molar-refractivity contribution in [1.82, 2.24) is 24.5 Å². The van der Waals surface area contributed by atoms with Gasteiger partial charge < -0.3 is 9.88 Å². The third-order valence-corrected chi connectivity index (χ3v) is 5.77. The first-order valence-electron chi connectivity index (χ1n) is 10.9. The number of aryl methyl sites for hydroxylation is 1. The van der Waals surface area contributed by atoms with Gasteiger partial charge in [0.1, 0.15) is 6.33 Å². The van der Waals surface area contributed by atoms with E-state index in [1.807, 2.05) is 29.7 Å². The second-order valence-electron chi connectivity index (χ2n) is 8.15. The van der Waals surface area contributed by atoms with E-state index in [-0.39, 0.29) is 17.5 Å². The van der Waals surface area contributed by atoms with Crippen LogP contribution >= 0.6 is 0 Å². The van der Waals surface area contributed by atoms with Crippen molar-refractivity contribution in [1.29, 1.82) is 0 Å². The first-order valence-corrected chi connectivity index (χ1v) is 10.9. The molecule has 1 N–H and O–H groups in total. The van der Waals surface area contributed by atoms with E-state index in [9.17, 15) is 18.0 Å². The van der Waals surface area contributed by atoms with E-state index in [0.29, 0.717) is 29.3 Å². The molecule has 0 aliphatic heterocycles. The fraction of sp³-hybridized carbons (Fsp3) is 0.250. The average molecular weight is 466 g/mol. The van der Waals surface area contributed by atoms with Crippen LogP contribution in [0.3, 0.4) is 0 Å². The highest BCUT2D eigenvalue weighted by Gasteiger charge is 2.34. The Kier molecular flexibility index (Phi) is 5.43. The molecule has 5 rings (SSSR count). The van der Waals surface area contributed by atoms with Crippen LogP contribution in [0.4, 0.5) is 18.9 Å². The maximum atomic E-state index is 13.2. The summed E-state index contributed by atoms with van der Waals surface area (Å²) in [6, 6.07) is 12.2. The van der Waals surface area contributed by atoms with Gasteiger partial charge in [0.2, 0.25) is 0 Å². The molecule has 7 nitrogen and oxygen atoms in total. The normalized spacial score (nSPS) is 13.8. The molecular formula is C24H21F3N6O. The predicted molar refractivity (Wildman–Crippen MR) is 120 cm³/mol. The predicted octanol–water partition coefficient (Wildman–Crippen LogP) is 5.30. The zero-order valence-corrected chi connectivity index (χ0v) is 18.3. The zero-order valence-electron chi connectivity index (χ0n) is 18.3. The Bertz CT molecular complexity index is 1350. The van der Waals surface area contributed by atoms with E-state index in [0.717, 1.165) is 30.5 Å². The van der Waals surface area contributed by atoms with Gasteiger partial charge in [-0.15, -0.1) is 10.2 Å². The average Bonchev–Trinajstić information content (AvgIpc) is 3.37. The number of nitrogens with zero attached hydrogens (tertiary/aromatic N) is 5. The van der Waals surface area contributed by atoms with E-state index in [2.05, 4.69) is 20.6 Å². The number of aromatic nitrogens is 5. The number of hydrogen-bond acceptors (Lipinski definition) is 4. The summed E-state index contributed by atoms with van der Waals surface area (Å²) in [5.41, 5.74) is 1.86. The summed E-state index contributed by atoms with van der Waals surface area (Å²) in [4.78, 5) is 13.2. The van der Waals surface area contributed by atoms with E-state index in [1.165, 1.54) is 16.9 Å². The van der Waals surface area contributed by atoms with Crippen molar-refractivity contribution in [2.75, 3.05) is 5.32 Å². The number of halogens is 3. The Morgan fingerprint density at radius 3 is 2.68 bits per heavy atom. The van der Waals surface area contributed by atoms with Crippen molar-refractivity contribution in [2.24, 2.45) is 0 Å². The van der Waals surface area contributed by atoms with Gasteiger partial charge in [-0.3, -0.25) is 4.79 Å². The lowest BCUT2D eigenvalue weighted by Crippen LogP contribution is -2.14. The van der Waals surface area contributed by atoms with Crippen LogP contribution in [0.25, 0.3) is 17.1 Å². The summed E-state index contributed by atoms with van der Waals surface area (Å²) >= 11 is 0. The summed E-state index contributed by atoms with van der Waals surface area (Å²) in [5, 5.41) is 15.3. The lowest BCUT2D eigenvalue weighted by atomic mass is 10.1. The Labute approximate surface area is 193 Å². The molecule has 0 radical (unpaired) electrons. The maximum Gasteiger partial charge on any atom is 0.416 e. The molecule has 34 heavy (non-hydrogen) atoms. The highest BCUT2D eigenvalue weighted by molar-refractivity contribution is 6.05. The number of amides is 1. The van der Waals surface area contributed by atoms with Crippen molar-refractivity contribution < 1.29 is 18.0 Å². The smallest absolute Gasteiger partial charge is 0.322 e. The Balaban J connectivity index is 1.45. The molecule has 0 bridgehead atoms. The molecule has 0 spiro atoms. The van der Waals surface area contributed by atoms with Crippen LogP contribution in [0.1, 0.15) is 47.3 Å². The number of benzene rings is 2. The topological polar surface area (TPSA) is 77.6 Å². The van der Waals surface area contributed by atoms with Gasteiger partial charge in [-0.25, -0.2) is 4.68 Å². The summed E-state index contributed by atoms with van der Waals surface area (Å²) in [6.07, 6.45) is 0.307. The quantitative estimate of drug-likeness (QED) is 0.418. The Morgan fingerprint density at radius 1 is 1.15 bits per heavy atom. The fourth-order valence-corrected chi connectivity index (χ4v) is 3.95. The number of carbonyl (C=O) groups excluding carboxylic acids is 1. The SMILES string of the molecule is CCn1cnnc1-c1cccc(NC(=O)c2cnn(-c3cccc(C(F)(F)F)c3)c2C2CC2)c1. The first-order chi connectivity index (χ1) is 16.3. The minimum atomic E-state index is -4.46. The van der Waals surface area contributed by atoms with Gasteiger partial charge in [0.05, 0.1) is 28.7 Å². The molecule has 2 heterocycles. The third-order valence-electron chi connectivity index (χ3n) is 5.77. The van der Waals surface area contributed by atoms with E-state index in [4.69, 9.17) is 0 Å². The Hall–Kier alpha value is -3.95. The molecule has 0 unspecified atom stereocenters. The molecule has 1 fully saturated rings. The van der Waals surface area contributed by atoms with Gasteiger partial charge in [0.15, 0.2) is 5.82 Å². The first kappa shape index (κ1) is 21.9. The monoisotopic (exact) mass is 466 g/mol. The van der Waals surface area contributed by atoms with Crippen LogP contribution in [0.5, 0.6) is 0 Å². The molecule has 0 atom stereocenters. The second-order valence-corrected chi connectivity index (χ2v) is 8.15. The molecule has 0 saturated heterocycles. The summed E-state index contributed by atoms with van der Waals surface area (Å²) in [5.74, 6) is 0.399. The largest absolute Gasteiger partial charge is 0.416 e. The van der Waals surface area contributed by atoms with Crippen LogP contribution < -0.4 is 5.32 Å². The van der Waals surface area contributed by atoms with E-state index >= 15 is 0 Å². The fourth-order valence-electron chi connectivity index (χ4n) is 3.95. The number of nitrogens with one attached hydrogen (secondary N) is 1. The van der Waals surface area contributed by atoms with Crippen LogP contribution in [0, 0.1) is 0 Å². The Morgan fingerprint density at radius 2 is 1.94 bits per heavy atom. The van der Waals surface area contributed by atoms with Crippen molar-refractivity contribution in [3.05, 3.63) is 77.9 Å². The lowest BCUT2D eigenvalue weighted by Gasteiger charge is -2.12. The van der Waals surface area contributed by atoms with Crippen LogP contribution in [-0.2, 0) is 12.7 Å². The molecular weight excluding hydrogens is 445 g/mol. The lowest BCUT2D eigenvalue weighted by molar-refractivity contribution is -0.137. The molecule has 1 saturated carbocycles. The van der Waals surface area contributed by atoms with Crippen molar-refractivity contribution in [3.63, 3.8) is 0 Å². The third kappa shape index (κ3) is 4.18. The molecule has 1 aliphatic carbocycles. The van der Waals surface area contributed by atoms with Gasteiger partial charge in [-0.05, 0) is 50.1 Å². The van der Waals surface area contributed by atoms with Crippen molar-refractivity contribution in [2.45, 2.75) is 38.4 Å². The summed E-state index contributed by atoms with van der Waals surface area (Å²) in [6.45, 7) is 2.69. The molecule has 2 aromatic heterocycles. The summed E-state index contributed by atoms with van der Waals surface area (Å²) < 4.78 is 43.0. The van der Waals surface area contributed by atoms with Gasteiger partial charge in [-0.1, -0.05) is 18.2 Å². The molecule has 2 aromatic carbocycles. The molecule has 10 heteroatoms. The van der Waals surface area contributed by atoms with Gasteiger partial charge >= 0.3 is 6.18 Å². The van der Waals surface area contributed by atoms with E-state index in [1.54, 1.807) is 18.5 Å². The molecule has 4 aromatic rings. The highest BCUT2D eigenvalue weighted by atomic mass is 19.4. The van der Waals surface area contributed by atoms with Crippen LogP contribution in [-0.4, -0.2) is 30.5 Å². The van der Waals surface area contributed by atoms with Crippen LogP contribution in [0.15, 0.2) is 61.1 Å². The van der Waals surface area contributed by atoms with Crippen molar-refractivity contribution >= 4 is 11.6 Å². The van der Waals surface area contributed by atoms with Crippen molar-refractivity contribution in [3.8, 4) is 17.1 Å². The molecule has 1 aliphatic rings. The molecule has 1 amide bonds. The van der Waals surface area contributed by atoms with Gasteiger partial charge in [0.25, 0.3) is 5.91 Å². The standard InChI is InChI=1S/C24H21F3N6O/c1-2-32-14-28-31-22(32)16-5-3-7-18(11-16)30-23(34)20-13-29-33(21(20)15-9-10-15)19-8-4-6-17(12-19)24(25,26)27/h3-8,11-15H,2,9-10H2,1H3,(H,30,34). The number of anilines is 1. The van der Waals surface area contributed by atoms with Gasteiger partial charge in [0, 0.05) is 23.7 Å². The van der Waals surface area contributed by atoms with Crippen LogP contribution in [0.2, 0.25) is 0 Å². The minimum absolute atomic E-state index is 0.0761. The number of hydrogen-bond donors (Lipinski definition) is 1. The van der Waals surface area contributed by atoms with Gasteiger partial charge in [-0.2, -0.15) is 18.3 Å². The highest BCUT2D eigenvalue weighted by Crippen LogP contribution is 2.43. The maximum absolute atomic E-state index is 13.2. The molecule has 174 valence electrons. The second kappa shape index (κ2) is 8.44. The van der Waals surface area contributed by atoms with E-state index < -0.39 is 11.7 Å². The zero-order chi connectivity index (χ0) is 23.9. The number of rotatable bonds is 6. The summed E-state index contributed by atoms with van der Waals surface area (Å²) in [7, 11) is 0. The number of alkyl halides is 3.